The van der Waals surface area contributed by atoms with Gasteiger partial charge in [-0.25, -0.2) is 4.79 Å². The maximum atomic E-state index is 12.8. The van der Waals surface area contributed by atoms with E-state index in [1.54, 1.807) is 6.92 Å². The zero-order chi connectivity index (χ0) is 21.7. The topological polar surface area (TPSA) is 76.5 Å². The zero-order valence-corrected chi connectivity index (χ0v) is 19.2. The Balaban J connectivity index is 1.70. The standard InChI is InChI=1S/C22H32N4O3S/c1-5-26-15(3)16(12-23-26)13-25(4)14-19(27)24-21-20(22(28)29-6-2)17-10-8-7-9-11-18(17)30-21/h12H,5-11,13-14H2,1-4H3,(H,24,27). The molecule has 1 amide bonds. The number of amides is 1. The van der Waals surface area contributed by atoms with Gasteiger partial charge in [-0.1, -0.05) is 6.42 Å². The molecule has 0 bridgehead atoms. The van der Waals surface area contributed by atoms with Gasteiger partial charge in [0, 0.05) is 29.2 Å². The van der Waals surface area contributed by atoms with Crippen molar-refractivity contribution in [3.05, 3.63) is 33.5 Å². The van der Waals surface area contributed by atoms with Crippen LogP contribution in [0, 0.1) is 6.92 Å². The Bertz CT molecular complexity index is 903. The molecular formula is C22H32N4O3S. The molecule has 8 heteroatoms. The van der Waals surface area contributed by atoms with Crippen LogP contribution in [0.15, 0.2) is 6.20 Å². The third kappa shape index (κ3) is 5.10. The lowest BCUT2D eigenvalue weighted by atomic mass is 10.1. The Morgan fingerprint density at radius 1 is 1.27 bits per heavy atom. The molecular weight excluding hydrogens is 400 g/mol. The lowest BCUT2D eigenvalue weighted by Gasteiger charge is -2.16. The number of anilines is 1. The van der Waals surface area contributed by atoms with Crippen molar-refractivity contribution in [2.45, 2.75) is 66.0 Å². The summed E-state index contributed by atoms with van der Waals surface area (Å²) in [5.74, 6) is -0.455. The fourth-order valence-electron chi connectivity index (χ4n) is 3.97. The molecule has 0 saturated carbocycles. The zero-order valence-electron chi connectivity index (χ0n) is 18.4. The Morgan fingerprint density at radius 3 is 2.73 bits per heavy atom. The van der Waals surface area contributed by atoms with Gasteiger partial charge in [0.2, 0.25) is 5.91 Å². The van der Waals surface area contributed by atoms with Crippen molar-refractivity contribution in [1.82, 2.24) is 14.7 Å². The largest absolute Gasteiger partial charge is 0.462 e. The highest BCUT2D eigenvalue weighted by molar-refractivity contribution is 7.17. The maximum absolute atomic E-state index is 12.8. The SMILES string of the molecule is CCOC(=O)c1c(NC(=O)CN(C)Cc2cnn(CC)c2C)sc2c1CCCCC2. The summed E-state index contributed by atoms with van der Waals surface area (Å²) in [7, 11) is 1.91. The molecule has 2 aromatic rings. The van der Waals surface area contributed by atoms with Crippen molar-refractivity contribution in [2.24, 2.45) is 0 Å². The lowest BCUT2D eigenvalue weighted by molar-refractivity contribution is -0.117. The predicted octanol–water partition coefficient (Wildman–Crippen LogP) is 3.79. The van der Waals surface area contributed by atoms with Gasteiger partial charge in [0.25, 0.3) is 0 Å². The van der Waals surface area contributed by atoms with E-state index in [1.807, 2.05) is 29.7 Å². The number of aryl methyl sites for hydroxylation is 2. The molecule has 2 heterocycles. The molecule has 1 aliphatic rings. The summed E-state index contributed by atoms with van der Waals surface area (Å²) in [6.45, 7) is 7.94. The Morgan fingerprint density at radius 2 is 2.03 bits per heavy atom. The molecule has 7 nitrogen and oxygen atoms in total. The van der Waals surface area contributed by atoms with Gasteiger partial charge in [-0.3, -0.25) is 14.4 Å². The van der Waals surface area contributed by atoms with E-state index in [-0.39, 0.29) is 18.4 Å². The molecule has 0 radical (unpaired) electrons. The highest BCUT2D eigenvalue weighted by Crippen LogP contribution is 2.38. The quantitative estimate of drug-likeness (QED) is 0.507. The average molecular weight is 433 g/mol. The molecule has 0 saturated heterocycles. The highest BCUT2D eigenvalue weighted by atomic mass is 32.1. The van der Waals surface area contributed by atoms with E-state index in [2.05, 4.69) is 17.3 Å². The molecule has 0 fully saturated rings. The average Bonchev–Trinajstić information content (AvgIpc) is 3.12. The number of nitrogens with one attached hydrogen (secondary N) is 1. The van der Waals surface area contributed by atoms with Crippen LogP contribution in [0.4, 0.5) is 5.00 Å². The van der Waals surface area contributed by atoms with E-state index in [0.29, 0.717) is 23.7 Å². The number of hydrogen-bond acceptors (Lipinski definition) is 6. The van der Waals surface area contributed by atoms with Crippen LogP contribution in [-0.2, 0) is 35.5 Å². The minimum absolute atomic E-state index is 0.125. The summed E-state index contributed by atoms with van der Waals surface area (Å²) in [5.41, 5.74) is 3.87. The number of thiophene rings is 1. The first-order valence-electron chi connectivity index (χ1n) is 10.8. The number of fused-ring (bicyclic) bond motifs is 1. The van der Waals surface area contributed by atoms with E-state index in [9.17, 15) is 9.59 Å². The van der Waals surface area contributed by atoms with Gasteiger partial charge in [0.05, 0.1) is 24.9 Å². The van der Waals surface area contributed by atoms with Gasteiger partial charge in [-0.15, -0.1) is 11.3 Å². The number of esters is 1. The molecule has 0 unspecified atom stereocenters. The summed E-state index contributed by atoms with van der Waals surface area (Å²) >= 11 is 1.53. The normalized spacial score (nSPS) is 13.8. The Hall–Kier alpha value is -2.19. The molecule has 0 aromatic carbocycles. The van der Waals surface area contributed by atoms with Gasteiger partial charge in [0.15, 0.2) is 0 Å². The van der Waals surface area contributed by atoms with Crippen LogP contribution in [-0.4, -0.2) is 46.8 Å². The van der Waals surface area contributed by atoms with Crippen molar-refractivity contribution in [3.8, 4) is 0 Å². The molecule has 164 valence electrons. The van der Waals surface area contributed by atoms with E-state index in [0.717, 1.165) is 49.0 Å². The number of ether oxygens (including phenoxy) is 1. The lowest BCUT2D eigenvalue weighted by Crippen LogP contribution is -2.30. The fourth-order valence-corrected chi connectivity index (χ4v) is 5.26. The van der Waals surface area contributed by atoms with E-state index < -0.39 is 0 Å². The second-order valence-corrected chi connectivity index (χ2v) is 8.89. The van der Waals surface area contributed by atoms with Crippen LogP contribution in [0.3, 0.4) is 0 Å². The smallest absolute Gasteiger partial charge is 0.341 e. The van der Waals surface area contributed by atoms with Gasteiger partial charge in [-0.05, 0) is 59.1 Å². The summed E-state index contributed by atoms with van der Waals surface area (Å²) < 4.78 is 7.25. The first-order chi connectivity index (χ1) is 14.4. The van der Waals surface area contributed by atoms with Crippen molar-refractivity contribution in [2.75, 3.05) is 25.5 Å². The minimum Gasteiger partial charge on any atom is -0.462 e. The van der Waals surface area contributed by atoms with Gasteiger partial charge in [0.1, 0.15) is 5.00 Å². The number of carbonyl (C=O) groups is 2. The Labute approximate surface area is 182 Å². The van der Waals surface area contributed by atoms with Crippen molar-refractivity contribution in [1.29, 1.82) is 0 Å². The third-order valence-corrected chi connectivity index (χ3v) is 6.72. The molecule has 2 aromatic heterocycles. The van der Waals surface area contributed by atoms with E-state index in [1.165, 1.54) is 22.6 Å². The van der Waals surface area contributed by atoms with Crippen molar-refractivity contribution < 1.29 is 14.3 Å². The number of aromatic nitrogens is 2. The Kier molecular flexibility index (Phi) is 7.66. The van der Waals surface area contributed by atoms with Crippen molar-refractivity contribution in [3.63, 3.8) is 0 Å². The number of nitrogens with zero attached hydrogens (tertiary/aromatic N) is 3. The van der Waals surface area contributed by atoms with Crippen LogP contribution in [0.2, 0.25) is 0 Å². The summed E-state index contributed by atoms with van der Waals surface area (Å²) in [4.78, 5) is 28.6. The van der Waals surface area contributed by atoms with Crippen LogP contribution >= 0.6 is 11.3 Å². The molecule has 0 atom stereocenters. The van der Waals surface area contributed by atoms with Crippen molar-refractivity contribution >= 4 is 28.2 Å². The molecule has 1 N–H and O–H groups in total. The molecule has 0 spiro atoms. The van der Waals surface area contributed by atoms with Gasteiger partial charge >= 0.3 is 5.97 Å². The number of rotatable bonds is 8. The monoisotopic (exact) mass is 432 g/mol. The number of carbonyl (C=O) groups excluding carboxylic acids is 2. The molecule has 0 aliphatic heterocycles. The first-order valence-corrected chi connectivity index (χ1v) is 11.6. The molecule has 30 heavy (non-hydrogen) atoms. The fraction of sp³-hybridized carbons (Fsp3) is 0.591. The highest BCUT2D eigenvalue weighted by Gasteiger charge is 2.26. The predicted molar refractivity (Wildman–Crippen MR) is 119 cm³/mol. The molecule has 1 aliphatic carbocycles. The summed E-state index contributed by atoms with van der Waals surface area (Å²) in [6, 6.07) is 0. The van der Waals surface area contributed by atoms with Gasteiger partial charge in [-0.2, -0.15) is 5.10 Å². The van der Waals surface area contributed by atoms with E-state index >= 15 is 0 Å². The maximum Gasteiger partial charge on any atom is 0.341 e. The first kappa shape index (κ1) is 22.5. The number of likely N-dealkylation sites (N-methyl/N-ethyl adjacent to an activating group) is 1. The third-order valence-electron chi connectivity index (χ3n) is 5.51. The second-order valence-electron chi connectivity index (χ2n) is 7.78. The second kappa shape index (κ2) is 10.2. The minimum atomic E-state index is -0.330. The van der Waals surface area contributed by atoms with Crippen LogP contribution in [0.25, 0.3) is 0 Å². The van der Waals surface area contributed by atoms with Crippen LogP contribution in [0.5, 0.6) is 0 Å². The molecule has 3 rings (SSSR count). The van der Waals surface area contributed by atoms with Crippen LogP contribution < -0.4 is 5.32 Å². The van der Waals surface area contributed by atoms with Crippen LogP contribution in [0.1, 0.15) is 65.2 Å². The number of hydrogen-bond donors (Lipinski definition) is 1. The van der Waals surface area contributed by atoms with Gasteiger partial charge < -0.3 is 10.1 Å². The van der Waals surface area contributed by atoms with E-state index in [4.69, 9.17) is 4.74 Å². The summed E-state index contributed by atoms with van der Waals surface area (Å²) in [6.07, 6.45) is 7.06. The summed E-state index contributed by atoms with van der Waals surface area (Å²) in [5, 5.41) is 7.99.